The summed E-state index contributed by atoms with van der Waals surface area (Å²) >= 11 is 0. The second-order valence-electron chi connectivity index (χ2n) is 2.79. The molecule has 0 unspecified atom stereocenters. The van der Waals surface area contributed by atoms with Gasteiger partial charge in [-0.2, -0.15) is 0 Å². The van der Waals surface area contributed by atoms with Crippen molar-refractivity contribution in [2.75, 3.05) is 0 Å². The van der Waals surface area contributed by atoms with Gasteiger partial charge in [-0.1, -0.05) is 62.8 Å². The summed E-state index contributed by atoms with van der Waals surface area (Å²) in [5, 5.41) is 0. The van der Waals surface area contributed by atoms with Crippen molar-refractivity contribution >= 4 is 5.78 Å². The summed E-state index contributed by atoms with van der Waals surface area (Å²) in [6.07, 6.45) is 0.667. The third-order valence-corrected chi connectivity index (χ3v) is 0.498. The van der Waals surface area contributed by atoms with Crippen LogP contribution in [0.1, 0.15) is 76.2 Å². The molecule has 0 saturated heterocycles. The van der Waals surface area contributed by atoms with Crippen LogP contribution in [0, 0.1) is 5.92 Å². The molecule has 0 amide bonds. The minimum Gasteiger partial charge on any atom is -0.300 e. The molecule has 0 aromatic rings. The molecule has 0 N–H and O–H groups in total. The Morgan fingerprint density at radius 3 is 1.07 bits per heavy atom. The minimum absolute atomic E-state index is 0. The predicted molar refractivity (Wildman–Crippen MR) is 70.9 cm³/mol. The van der Waals surface area contributed by atoms with Gasteiger partial charge >= 0.3 is 0 Å². The molecule has 0 heterocycles. The van der Waals surface area contributed by atoms with E-state index in [0.29, 0.717) is 6.42 Å². The first-order chi connectivity index (χ1) is 6.00. The molecule has 0 saturated carbocycles. The summed E-state index contributed by atoms with van der Waals surface area (Å²) in [5.74, 6) is 1.09. The van der Waals surface area contributed by atoms with Crippen molar-refractivity contribution in [1.29, 1.82) is 0 Å². The van der Waals surface area contributed by atoms with E-state index in [1.165, 1.54) is 0 Å². The van der Waals surface area contributed by atoms with Crippen LogP contribution in [0.4, 0.5) is 0 Å². The highest BCUT2D eigenvalue weighted by molar-refractivity contribution is 5.74. The third-order valence-electron chi connectivity index (χ3n) is 0.498. The first-order valence-electron chi connectivity index (χ1n) is 5.50. The number of rotatable bonds is 1. The lowest BCUT2D eigenvalue weighted by atomic mass is 10.3. The Morgan fingerprint density at radius 1 is 1.00 bits per heavy atom. The number of hydrogen-bond acceptors (Lipinski definition) is 1. The second kappa shape index (κ2) is 38.8. The molecule has 1 heteroatoms. The molecule has 92 valence electrons. The molecule has 0 spiro atoms. The molecule has 14 heavy (non-hydrogen) atoms. The van der Waals surface area contributed by atoms with Gasteiger partial charge in [0.05, 0.1) is 0 Å². The van der Waals surface area contributed by atoms with Crippen molar-refractivity contribution < 1.29 is 4.79 Å². The first-order valence-corrected chi connectivity index (χ1v) is 5.50. The van der Waals surface area contributed by atoms with Gasteiger partial charge in [0.15, 0.2) is 0 Å². The van der Waals surface area contributed by atoms with E-state index < -0.39 is 0 Å². The summed E-state index contributed by atoms with van der Waals surface area (Å²) in [7, 11) is 0. The van der Waals surface area contributed by atoms with E-state index in [0.717, 1.165) is 5.92 Å². The Kier molecular flexibility index (Phi) is 80.9. The molecular weight excluding hydrogens is 172 g/mol. The normalized spacial score (nSPS) is 6.14. The van der Waals surface area contributed by atoms with Crippen LogP contribution in [0.5, 0.6) is 0 Å². The highest BCUT2D eigenvalue weighted by Crippen LogP contribution is 1.81. The Hall–Kier alpha value is -0.330. The summed E-state index contributed by atoms with van der Waals surface area (Å²) in [6, 6.07) is 0. The van der Waals surface area contributed by atoms with Gasteiger partial charge in [0.25, 0.3) is 0 Å². The van der Waals surface area contributed by atoms with E-state index in [-0.39, 0.29) is 13.2 Å². The molecular formula is C13H34O. The topological polar surface area (TPSA) is 17.1 Å². The lowest BCUT2D eigenvalue weighted by Gasteiger charge is -1.79. The van der Waals surface area contributed by atoms with Gasteiger partial charge in [-0.15, -0.1) is 0 Å². The van der Waals surface area contributed by atoms with Crippen LogP contribution < -0.4 is 0 Å². The molecule has 0 aromatic carbocycles. The van der Waals surface area contributed by atoms with Gasteiger partial charge in [-0.3, -0.25) is 0 Å². The maximum Gasteiger partial charge on any atom is 0.129 e. The average molecular weight is 206 g/mol. The Bertz CT molecular complexity index is 62.9. The molecule has 0 atom stereocenters. The quantitative estimate of drug-likeness (QED) is 0.566. The molecule has 0 fully saturated rings. The zero-order valence-electron chi connectivity index (χ0n) is 11.2. The zero-order chi connectivity index (χ0) is 11.9. The number of carbonyl (C=O) groups is 1. The van der Waals surface area contributed by atoms with Crippen LogP contribution in [-0.2, 0) is 4.79 Å². The van der Waals surface area contributed by atoms with Crippen molar-refractivity contribution in [2.24, 2.45) is 5.92 Å². The van der Waals surface area contributed by atoms with E-state index in [1.54, 1.807) is 6.92 Å². The summed E-state index contributed by atoms with van der Waals surface area (Å²) in [4.78, 5) is 9.81. The number of carbonyl (C=O) groups excluding carboxylic acids is 1. The van der Waals surface area contributed by atoms with E-state index in [2.05, 4.69) is 20.8 Å². The lowest BCUT2D eigenvalue weighted by molar-refractivity contribution is -0.116. The van der Waals surface area contributed by atoms with E-state index >= 15 is 0 Å². The smallest absolute Gasteiger partial charge is 0.129 e. The van der Waals surface area contributed by atoms with Crippen molar-refractivity contribution in [2.45, 2.75) is 76.2 Å². The van der Waals surface area contributed by atoms with Gasteiger partial charge in [0.2, 0.25) is 0 Å². The molecule has 0 aliphatic rings. The molecule has 0 bridgehead atoms. The van der Waals surface area contributed by atoms with Crippen LogP contribution >= 0.6 is 0 Å². The lowest BCUT2D eigenvalue weighted by Crippen LogP contribution is -1.80. The molecule has 0 aliphatic carbocycles. The SMILES string of the molecule is C.CC.CC.CC(C)C.CCC(C)=O. The molecule has 0 radical (unpaired) electrons. The summed E-state index contributed by atoms with van der Waals surface area (Å²) in [5.41, 5.74) is 0. The fraction of sp³-hybridized carbons (Fsp3) is 0.923. The van der Waals surface area contributed by atoms with Crippen molar-refractivity contribution in [3.8, 4) is 0 Å². The number of ketones is 1. The van der Waals surface area contributed by atoms with Crippen LogP contribution in [0.2, 0.25) is 0 Å². The molecule has 0 aliphatic heterocycles. The fourth-order valence-electron chi connectivity index (χ4n) is 0. The van der Waals surface area contributed by atoms with Crippen molar-refractivity contribution in [3.05, 3.63) is 0 Å². The standard InChI is InChI=1S/C4H8O.C4H10.2C2H6.CH4/c1-3-4(2)5;1-4(2)3;2*1-2;/h3H2,1-2H3;4H,1-3H3;2*1-2H3;1H4. The highest BCUT2D eigenvalue weighted by Gasteiger charge is 1.76. The van der Waals surface area contributed by atoms with Crippen molar-refractivity contribution in [1.82, 2.24) is 0 Å². The highest BCUT2D eigenvalue weighted by atomic mass is 16.1. The van der Waals surface area contributed by atoms with Crippen molar-refractivity contribution in [3.63, 3.8) is 0 Å². The maximum absolute atomic E-state index is 9.81. The monoisotopic (exact) mass is 206 g/mol. The molecule has 1 nitrogen and oxygen atoms in total. The predicted octanol–water partition coefficient (Wildman–Crippen LogP) is 5.34. The number of Topliss-reactive ketones (excluding diaryl/α,β-unsaturated/α-hetero) is 1. The Balaban J connectivity index is -0.0000000273. The van der Waals surface area contributed by atoms with E-state index in [1.807, 2.05) is 34.6 Å². The van der Waals surface area contributed by atoms with Crippen LogP contribution in [0.3, 0.4) is 0 Å². The van der Waals surface area contributed by atoms with Gasteiger partial charge in [0.1, 0.15) is 5.78 Å². The number of hydrogen-bond donors (Lipinski definition) is 0. The summed E-state index contributed by atoms with van der Waals surface area (Å²) in [6.45, 7) is 17.9. The third kappa shape index (κ3) is 476. The first kappa shape index (κ1) is 29.2. The second-order valence-corrected chi connectivity index (χ2v) is 2.79. The van der Waals surface area contributed by atoms with Gasteiger partial charge in [-0.25, -0.2) is 0 Å². The van der Waals surface area contributed by atoms with Crippen LogP contribution in [0.25, 0.3) is 0 Å². The Labute approximate surface area is 93.3 Å². The van der Waals surface area contributed by atoms with Gasteiger partial charge in [-0.05, 0) is 12.8 Å². The zero-order valence-corrected chi connectivity index (χ0v) is 11.2. The van der Waals surface area contributed by atoms with E-state index in [4.69, 9.17) is 0 Å². The minimum atomic E-state index is 0. The maximum atomic E-state index is 9.81. The molecule has 0 aromatic heterocycles. The van der Waals surface area contributed by atoms with E-state index in [9.17, 15) is 4.79 Å². The van der Waals surface area contributed by atoms with Crippen LogP contribution in [0.15, 0.2) is 0 Å². The van der Waals surface area contributed by atoms with Crippen LogP contribution in [-0.4, -0.2) is 5.78 Å². The summed E-state index contributed by atoms with van der Waals surface area (Å²) < 4.78 is 0. The van der Waals surface area contributed by atoms with Gasteiger partial charge in [0, 0.05) is 6.42 Å². The fourth-order valence-corrected chi connectivity index (χ4v) is 0. The largest absolute Gasteiger partial charge is 0.300 e. The molecule has 0 rings (SSSR count). The average Bonchev–Trinajstić information content (AvgIpc) is 2.10. The Morgan fingerprint density at radius 2 is 1.07 bits per heavy atom. The van der Waals surface area contributed by atoms with Gasteiger partial charge < -0.3 is 4.79 Å².